The molecule has 0 unspecified atom stereocenters. The van der Waals surface area contributed by atoms with Crippen molar-refractivity contribution in [1.29, 1.82) is 0 Å². The van der Waals surface area contributed by atoms with Crippen molar-refractivity contribution in [3.05, 3.63) is 34.3 Å². The van der Waals surface area contributed by atoms with Crippen LogP contribution in [0, 0.1) is 0 Å². The summed E-state index contributed by atoms with van der Waals surface area (Å²) < 4.78 is 1.11. The molecule has 0 aromatic heterocycles. The zero-order valence-corrected chi connectivity index (χ0v) is 11.0. The molecule has 0 fully saturated rings. The monoisotopic (exact) mass is 293 g/mol. The molecule has 0 aliphatic heterocycles. The highest BCUT2D eigenvalue weighted by Crippen LogP contribution is 2.10. The summed E-state index contributed by atoms with van der Waals surface area (Å²) in [5.74, 6) is 0. The van der Waals surface area contributed by atoms with Crippen LogP contribution in [0.2, 0.25) is 0 Å². The second-order valence-corrected chi connectivity index (χ2v) is 4.15. The first-order valence-electron chi connectivity index (χ1n) is 4.89. The van der Waals surface area contributed by atoms with Crippen LogP contribution in [0.15, 0.2) is 28.7 Å². The molecule has 0 spiro atoms. The van der Waals surface area contributed by atoms with Crippen LogP contribution in [0.5, 0.6) is 0 Å². The lowest BCUT2D eigenvalue weighted by molar-refractivity contribution is 0.283. The summed E-state index contributed by atoms with van der Waals surface area (Å²) in [5.41, 5.74) is 1.29. The van der Waals surface area contributed by atoms with Crippen molar-refractivity contribution in [2.24, 2.45) is 0 Å². The Morgan fingerprint density at radius 1 is 1.13 bits per heavy atom. The van der Waals surface area contributed by atoms with Crippen LogP contribution in [0.25, 0.3) is 0 Å². The lowest BCUT2D eigenvalue weighted by atomic mass is 10.2. The van der Waals surface area contributed by atoms with E-state index < -0.39 is 0 Å². The molecular formula is C11H17BrClNO. The number of rotatable bonds is 6. The number of benzene rings is 1. The highest BCUT2D eigenvalue weighted by molar-refractivity contribution is 9.10. The van der Waals surface area contributed by atoms with Crippen LogP contribution in [0.1, 0.15) is 18.4 Å². The van der Waals surface area contributed by atoms with Gasteiger partial charge in [0.1, 0.15) is 0 Å². The van der Waals surface area contributed by atoms with E-state index in [9.17, 15) is 0 Å². The first-order valence-corrected chi connectivity index (χ1v) is 5.68. The molecule has 0 amide bonds. The molecule has 4 heteroatoms. The van der Waals surface area contributed by atoms with E-state index in [1.807, 2.05) is 12.1 Å². The van der Waals surface area contributed by atoms with Gasteiger partial charge in [0, 0.05) is 17.6 Å². The summed E-state index contributed by atoms with van der Waals surface area (Å²) in [5, 5.41) is 11.9. The van der Waals surface area contributed by atoms with Gasteiger partial charge in [-0.25, -0.2) is 0 Å². The summed E-state index contributed by atoms with van der Waals surface area (Å²) in [6, 6.07) is 8.29. The normalized spacial score (nSPS) is 9.73. The van der Waals surface area contributed by atoms with E-state index in [-0.39, 0.29) is 12.4 Å². The number of aliphatic hydroxyl groups is 1. The van der Waals surface area contributed by atoms with Crippen molar-refractivity contribution >= 4 is 28.3 Å². The minimum absolute atomic E-state index is 0. The van der Waals surface area contributed by atoms with Gasteiger partial charge in [0.05, 0.1) is 0 Å². The van der Waals surface area contributed by atoms with Gasteiger partial charge in [0.2, 0.25) is 0 Å². The first-order chi connectivity index (χ1) is 6.83. The van der Waals surface area contributed by atoms with Crippen molar-refractivity contribution in [2.45, 2.75) is 19.4 Å². The number of aliphatic hydroxyl groups excluding tert-OH is 1. The largest absolute Gasteiger partial charge is 0.396 e. The minimum Gasteiger partial charge on any atom is -0.396 e. The molecule has 0 aliphatic rings. The highest BCUT2D eigenvalue weighted by atomic mass is 79.9. The fraction of sp³-hybridized carbons (Fsp3) is 0.455. The van der Waals surface area contributed by atoms with Crippen LogP contribution >= 0.6 is 28.3 Å². The molecule has 0 aliphatic carbocycles. The standard InChI is InChI=1S/C11H16BrNO.ClH/c12-11-5-3-10(4-6-11)9-13-7-1-2-8-14;/h3-6,13-14H,1-2,7-9H2;1H. The minimum atomic E-state index is 0. The molecule has 0 bridgehead atoms. The SMILES string of the molecule is Cl.OCCCCNCc1ccc(Br)cc1. The Bertz CT molecular complexity index is 253. The molecular weight excluding hydrogens is 277 g/mol. The molecule has 2 N–H and O–H groups in total. The topological polar surface area (TPSA) is 32.3 Å². The van der Waals surface area contributed by atoms with Crippen molar-refractivity contribution in [3.8, 4) is 0 Å². The fourth-order valence-electron chi connectivity index (χ4n) is 1.20. The maximum atomic E-state index is 8.58. The lowest BCUT2D eigenvalue weighted by Gasteiger charge is -2.04. The number of hydrogen-bond donors (Lipinski definition) is 2. The van der Waals surface area contributed by atoms with Crippen LogP contribution in [0.4, 0.5) is 0 Å². The van der Waals surface area contributed by atoms with Gasteiger partial charge in [-0.2, -0.15) is 0 Å². The Morgan fingerprint density at radius 3 is 2.40 bits per heavy atom. The molecule has 0 saturated heterocycles. The highest BCUT2D eigenvalue weighted by Gasteiger charge is 1.92. The maximum Gasteiger partial charge on any atom is 0.0431 e. The summed E-state index contributed by atoms with van der Waals surface area (Å²) in [6.45, 7) is 2.16. The van der Waals surface area contributed by atoms with Crippen molar-refractivity contribution in [2.75, 3.05) is 13.2 Å². The van der Waals surface area contributed by atoms with Gasteiger partial charge in [-0.1, -0.05) is 28.1 Å². The third-order valence-electron chi connectivity index (χ3n) is 2.00. The smallest absolute Gasteiger partial charge is 0.0431 e. The van der Waals surface area contributed by atoms with Gasteiger partial charge < -0.3 is 10.4 Å². The quantitative estimate of drug-likeness (QED) is 0.791. The molecule has 0 heterocycles. The predicted molar refractivity (Wildman–Crippen MR) is 69.4 cm³/mol. The second-order valence-electron chi connectivity index (χ2n) is 3.23. The summed E-state index contributed by atoms with van der Waals surface area (Å²) in [7, 11) is 0. The number of nitrogens with one attached hydrogen (secondary N) is 1. The Balaban J connectivity index is 0.00000196. The number of halogens is 2. The lowest BCUT2D eigenvalue weighted by Crippen LogP contribution is -2.14. The molecule has 15 heavy (non-hydrogen) atoms. The van der Waals surface area contributed by atoms with Crippen LogP contribution < -0.4 is 5.32 Å². The maximum absolute atomic E-state index is 8.58. The Labute approximate surface area is 106 Å². The average Bonchev–Trinajstić information content (AvgIpc) is 2.21. The molecule has 0 atom stereocenters. The molecule has 86 valence electrons. The van der Waals surface area contributed by atoms with Crippen LogP contribution in [-0.4, -0.2) is 18.3 Å². The zero-order valence-electron chi connectivity index (χ0n) is 8.58. The van der Waals surface area contributed by atoms with Crippen molar-refractivity contribution < 1.29 is 5.11 Å². The molecule has 0 saturated carbocycles. The predicted octanol–water partition coefficient (Wildman–Crippen LogP) is 2.73. The van der Waals surface area contributed by atoms with Gasteiger partial charge in [0.15, 0.2) is 0 Å². The summed E-state index contributed by atoms with van der Waals surface area (Å²) in [6.07, 6.45) is 1.92. The number of unbranched alkanes of at least 4 members (excludes halogenated alkanes) is 1. The molecule has 2 nitrogen and oxygen atoms in total. The van der Waals surface area contributed by atoms with E-state index in [1.165, 1.54) is 5.56 Å². The molecule has 1 rings (SSSR count). The van der Waals surface area contributed by atoms with E-state index in [1.54, 1.807) is 0 Å². The van der Waals surface area contributed by atoms with Crippen LogP contribution in [-0.2, 0) is 6.54 Å². The molecule has 0 radical (unpaired) electrons. The summed E-state index contributed by atoms with van der Waals surface area (Å²) in [4.78, 5) is 0. The van der Waals surface area contributed by atoms with Crippen LogP contribution in [0.3, 0.4) is 0 Å². The zero-order chi connectivity index (χ0) is 10.2. The van der Waals surface area contributed by atoms with Gasteiger partial charge in [-0.05, 0) is 37.1 Å². The third kappa shape index (κ3) is 6.90. The van der Waals surface area contributed by atoms with Crippen molar-refractivity contribution in [1.82, 2.24) is 5.32 Å². The number of hydrogen-bond acceptors (Lipinski definition) is 2. The average molecular weight is 295 g/mol. The molecule has 1 aromatic rings. The van der Waals surface area contributed by atoms with E-state index in [4.69, 9.17) is 5.11 Å². The fourth-order valence-corrected chi connectivity index (χ4v) is 1.46. The van der Waals surface area contributed by atoms with Gasteiger partial charge in [-0.15, -0.1) is 12.4 Å². The first kappa shape index (κ1) is 14.9. The Hall–Kier alpha value is -0.0900. The van der Waals surface area contributed by atoms with E-state index in [0.29, 0.717) is 6.61 Å². The van der Waals surface area contributed by atoms with E-state index in [2.05, 4.69) is 33.4 Å². The second kappa shape index (κ2) is 9.16. The van der Waals surface area contributed by atoms with Gasteiger partial charge >= 0.3 is 0 Å². The van der Waals surface area contributed by atoms with Crippen molar-refractivity contribution in [3.63, 3.8) is 0 Å². The Kier molecular flexibility index (Phi) is 9.10. The third-order valence-corrected chi connectivity index (χ3v) is 2.53. The summed E-state index contributed by atoms with van der Waals surface area (Å²) >= 11 is 3.40. The van der Waals surface area contributed by atoms with E-state index >= 15 is 0 Å². The Morgan fingerprint density at radius 2 is 1.80 bits per heavy atom. The van der Waals surface area contributed by atoms with Gasteiger partial charge in [-0.3, -0.25) is 0 Å². The van der Waals surface area contributed by atoms with E-state index in [0.717, 1.165) is 30.4 Å². The van der Waals surface area contributed by atoms with Gasteiger partial charge in [0.25, 0.3) is 0 Å². The molecule has 1 aromatic carbocycles.